The summed E-state index contributed by atoms with van der Waals surface area (Å²) in [5, 5.41) is 4.61. The smallest absolute Gasteiger partial charge is 0.380 e. The van der Waals surface area contributed by atoms with E-state index < -0.39 is 40.8 Å². The van der Waals surface area contributed by atoms with Crippen molar-refractivity contribution >= 4 is 34.7 Å². The van der Waals surface area contributed by atoms with Crippen LogP contribution in [0.4, 0.5) is 26.3 Å². The van der Waals surface area contributed by atoms with Crippen molar-refractivity contribution in [2.75, 3.05) is 0 Å². The molecule has 1 heterocycles. The second-order valence-electron chi connectivity index (χ2n) is 4.75. The highest BCUT2D eigenvalue weighted by atomic mass is 35.5. The van der Waals surface area contributed by atoms with E-state index in [1.807, 2.05) is 0 Å². The summed E-state index contributed by atoms with van der Waals surface area (Å²) < 4.78 is 76.8. The quantitative estimate of drug-likeness (QED) is 0.254. The van der Waals surface area contributed by atoms with Gasteiger partial charge in [0.2, 0.25) is 0 Å². The largest absolute Gasteiger partial charge is 0.416 e. The monoisotopic (exact) mass is 416 g/mol. The molecular weight excluding hydrogens is 410 g/mol. The minimum absolute atomic E-state index is 0.0483. The fraction of sp³-hybridized carbons (Fsp3) is 0.143. The molecule has 0 aliphatic carbocycles. The third-order valence-corrected chi connectivity index (χ3v) is 4.23. The zero-order valence-electron chi connectivity index (χ0n) is 12.3. The highest BCUT2D eigenvalue weighted by Crippen LogP contribution is 2.36. The SMILES string of the molecule is NC(=NOC(=O)c1sccc1Cl)c1cc(C(F)(F)F)cc(C(F)(F)F)c1. The van der Waals surface area contributed by atoms with E-state index in [-0.39, 0.29) is 16.0 Å². The maximum atomic E-state index is 12.8. The number of carbonyl (C=O) groups excluding carboxylic acids is 1. The first-order valence-corrected chi connectivity index (χ1v) is 7.73. The Morgan fingerprint density at radius 1 is 1.08 bits per heavy atom. The molecule has 0 radical (unpaired) electrons. The molecule has 1 aromatic carbocycles. The van der Waals surface area contributed by atoms with Gasteiger partial charge in [-0.3, -0.25) is 0 Å². The van der Waals surface area contributed by atoms with Gasteiger partial charge in [0.15, 0.2) is 5.84 Å². The Hall–Kier alpha value is -2.27. The fourth-order valence-electron chi connectivity index (χ4n) is 1.73. The van der Waals surface area contributed by atoms with Crippen LogP contribution in [0.1, 0.15) is 26.4 Å². The van der Waals surface area contributed by atoms with E-state index in [1.54, 1.807) is 0 Å². The van der Waals surface area contributed by atoms with Crippen molar-refractivity contribution in [3.8, 4) is 0 Å². The number of benzene rings is 1. The van der Waals surface area contributed by atoms with Crippen LogP contribution in [-0.4, -0.2) is 11.8 Å². The summed E-state index contributed by atoms with van der Waals surface area (Å²) in [5.74, 6) is -1.90. The van der Waals surface area contributed by atoms with E-state index in [9.17, 15) is 31.1 Å². The number of nitrogens with two attached hydrogens (primary N) is 1. The van der Waals surface area contributed by atoms with Crippen LogP contribution in [0, 0.1) is 0 Å². The molecule has 0 amide bonds. The number of halogens is 7. The first-order valence-electron chi connectivity index (χ1n) is 6.47. The second-order valence-corrected chi connectivity index (χ2v) is 6.07. The molecule has 0 bridgehead atoms. The lowest BCUT2D eigenvalue weighted by atomic mass is 10.0. The van der Waals surface area contributed by atoms with Gasteiger partial charge in [-0.15, -0.1) is 11.3 Å². The van der Waals surface area contributed by atoms with Crippen molar-refractivity contribution in [3.05, 3.63) is 56.2 Å². The Morgan fingerprint density at radius 2 is 1.62 bits per heavy atom. The average Bonchev–Trinajstić information content (AvgIpc) is 2.96. The van der Waals surface area contributed by atoms with Crippen LogP contribution in [0.25, 0.3) is 0 Å². The molecule has 26 heavy (non-hydrogen) atoms. The molecule has 0 spiro atoms. The van der Waals surface area contributed by atoms with Gasteiger partial charge < -0.3 is 10.6 Å². The Kier molecular flexibility index (Phi) is 5.52. The Balaban J connectivity index is 2.36. The van der Waals surface area contributed by atoms with Gasteiger partial charge in [0.1, 0.15) is 4.88 Å². The molecule has 0 aliphatic rings. The summed E-state index contributed by atoms with van der Waals surface area (Å²) in [6.07, 6.45) is -10.1. The lowest BCUT2D eigenvalue weighted by Gasteiger charge is -2.13. The van der Waals surface area contributed by atoms with Crippen LogP contribution in [0.3, 0.4) is 0 Å². The van der Waals surface area contributed by atoms with Crippen LogP contribution >= 0.6 is 22.9 Å². The van der Waals surface area contributed by atoms with Gasteiger partial charge in [0.05, 0.1) is 16.1 Å². The minimum Gasteiger partial charge on any atom is -0.380 e. The van der Waals surface area contributed by atoms with E-state index >= 15 is 0 Å². The minimum atomic E-state index is -5.04. The zero-order valence-corrected chi connectivity index (χ0v) is 13.9. The van der Waals surface area contributed by atoms with E-state index in [4.69, 9.17) is 17.3 Å². The third kappa shape index (κ3) is 4.67. The fourth-order valence-corrected chi connectivity index (χ4v) is 2.73. The Labute approximate surface area is 150 Å². The van der Waals surface area contributed by atoms with Crippen molar-refractivity contribution < 1.29 is 36.0 Å². The molecule has 12 heteroatoms. The normalized spacial score (nSPS) is 13.0. The van der Waals surface area contributed by atoms with Gasteiger partial charge in [-0.2, -0.15) is 26.3 Å². The van der Waals surface area contributed by atoms with Gasteiger partial charge >= 0.3 is 18.3 Å². The number of alkyl halides is 6. The highest BCUT2D eigenvalue weighted by molar-refractivity contribution is 7.12. The summed E-state index contributed by atoms with van der Waals surface area (Å²) in [7, 11) is 0. The van der Waals surface area contributed by atoms with Gasteiger partial charge in [-0.1, -0.05) is 16.8 Å². The molecule has 2 rings (SSSR count). The van der Waals surface area contributed by atoms with Crippen molar-refractivity contribution in [1.82, 2.24) is 0 Å². The van der Waals surface area contributed by atoms with Gasteiger partial charge in [0, 0.05) is 5.56 Å². The maximum Gasteiger partial charge on any atom is 0.416 e. The van der Waals surface area contributed by atoms with E-state index in [0.29, 0.717) is 12.1 Å². The van der Waals surface area contributed by atoms with Crippen LogP contribution < -0.4 is 5.73 Å². The lowest BCUT2D eigenvalue weighted by molar-refractivity contribution is -0.143. The number of oxime groups is 1. The summed E-state index contributed by atoms with van der Waals surface area (Å²) in [6.45, 7) is 0. The Morgan fingerprint density at radius 3 is 2.04 bits per heavy atom. The number of hydrogen-bond donors (Lipinski definition) is 1. The van der Waals surface area contributed by atoms with Crippen LogP contribution in [-0.2, 0) is 17.2 Å². The molecule has 0 saturated heterocycles. The van der Waals surface area contributed by atoms with Gasteiger partial charge in [0.25, 0.3) is 0 Å². The van der Waals surface area contributed by atoms with Gasteiger partial charge in [-0.05, 0) is 29.6 Å². The summed E-state index contributed by atoms with van der Waals surface area (Å²) in [5.41, 5.74) is 1.51. The van der Waals surface area contributed by atoms with Crippen molar-refractivity contribution in [2.45, 2.75) is 12.4 Å². The summed E-state index contributed by atoms with van der Waals surface area (Å²) in [4.78, 5) is 16.1. The van der Waals surface area contributed by atoms with Crippen LogP contribution in [0.2, 0.25) is 5.02 Å². The Bertz CT molecular complexity index is 828. The topological polar surface area (TPSA) is 64.7 Å². The molecule has 0 saturated carbocycles. The van der Waals surface area contributed by atoms with Gasteiger partial charge in [-0.25, -0.2) is 4.79 Å². The van der Waals surface area contributed by atoms with Crippen LogP contribution in [0.15, 0.2) is 34.8 Å². The molecule has 0 fully saturated rings. The predicted octanol–water partition coefficient (Wildman–Crippen LogP) is 4.92. The molecule has 0 unspecified atom stereocenters. The van der Waals surface area contributed by atoms with E-state index in [2.05, 4.69) is 9.99 Å². The average molecular weight is 417 g/mol. The van der Waals surface area contributed by atoms with Crippen LogP contribution in [0.5, 0.6) is 0 Å². The molecule has 140 valence electrons. The molecular formula is C14H7ClF6N2O2S. The highest BCUT2D eigenvalue weighted by Gasteiger charge is 2.37. The van der Waals surface area contributed by atoms with Crippen molar-refractivity contribution in [3.63, 3.8) is 0 Å². The molecule has 2 N–H and O–H groups in total. The molecule has 0 aliphatic heterocycles. The third-order valence-electron chi connectivity index (χ3n) is 2.91. The molecule has 2 aromatic rings. The predicted molar refractivity (Wildman–Crippen MR) is 81.9 cm³/mol. The molecule has 1 aromatic heterocycles. The second kappa shape index (κ2) is 7.16. The number of hydrogen-bond acceptors (Lipinski definition) is 4. The maximum absolute atomic E-state index is 12.8. The van der Waals surface area contributed by atoms with Crippen molar-refractivity contribution in [2.24, 2.45) is 10.9 Å². The summed E-state index contributed by atoms with van der Waals surface area (Å²) in [6, 6.07) is 2.05. The number of thiophene rings is 1. The zero-order chi connectivity index (χ0) is 19.7. The number of amidine groups is 1. The van der Waals surface area contributed by atoms with E-state index in [1.165, 1.54) is 11.4 Å². The number of nitrogens with zero attached hydrogens (tertiary/aromatic N) is 1. The molecule has 0 atom stereocenters. The molecule has 4 nitrogen and oxygen atoms in total. The summed E-state index contributed by atoms with van der Waals surface area (Å²) >= 11 is 6.59. The number of carbonyl (C=O) groups is 1. The van der Waals surface area contributed by atoms with E-state index in [0.717, 1.165) is 11.3 Å². The number of rotatable bonds is 3. The lowest BCUT2D eigenvalue weighted by Crippen LogP contribution is -2.19. The first kappa shape index (κ1) is 20.0. The standard InChI is InChI=1S/C14H7ClF6N2O2S/c15-9-1-2-26-10(9)12(24)25-23-11(22)6-3-7(13(16,17)18)5-8(4-6)14(19,20)21/h1-5H,(H2,22,23). The van der Waals surface area contributed by atoms with Crippen molar-refractivity contribution in [1.29, 1.82) is 0 Å². The first-order chi connectivity index (χ1) is 11.9.